The number of nitrogens with one attached hydrogen (secondary N) is 3. The molecular weight excluding hydrogens is 490 g/mol. The molecule has 0 saturated heterocycles. The van der Waals surface area contributed by atoms with Crippen LogP contribution < -0.4 is 15.4 Å². The zero-order valence-corrected chi connectivity index (χ0v) is 21.1. The van der Waals surface area contributed by atoms with Crippen LogP contribution in [0.3, 0.4) is 0 Å². The van der Waals surface area contributed by atoms with Gasteiger partial charge >= 0.3 is 0 Å². The van der Waals surface area contributed by atoms with Crippen LogP contribution in [0.4, 0.5) is 11.4 Å². The highest BCUT2D eigenvalue weighted by atomic mass is 35.5. The van der Waals surface area contributed by atoms with Crippen LogP contribution in [0, 0.1) is 13.8 Å². The first-order chi connectivity index (χ1) is 16.6. The van der Waals surface area contributed by atoms with Gasteiger partial charge in [-0.05, 0) is 67.4 Å². The molecule has 8 nitrogen and oxygen atoms in total. The minimum absolute atomic E-state index is 0.0317. The summed E-state index contributed by atoms with van der Waals surface area (Å²) >= 11 is 6.18. The number of benzene rings is 3. The average Bonchev–Trinajstić information content (AvgIpc) is 2.82. The molecule has 3 rings (SSSR count). The zero-order valence-electron chi connectivity index (χ0n) is 19.5. The van der Waals surface area contributed by atoms with Gasteiger partial charge in [-0.25, -0.2) is 8.42 Å². The van der Waals surface area contributed by atoms with Gasteiger partial charge in [-0.3, -0.25) is 14.3 Å². The van der Waals surface area contributed by atoms with Crippen molar-refractivity contribution in [2.45, 2.75) is 18.7 Å². The molecule has 0 heterocycles. The van der Waals surface area contributed by atoms with Gasteiger partial charge in [0.15, 0.2) is 0 Å². The first-order valence-electron chi connectivity index (χ1n) is 10.7. The molecule has 0 radical (unpaired) electrons. The summed E-state index contributed by atoms with van der Waals surface area (Å²) in [6, 6.07) is 15.6. The second-order valence-electron chi connectivity index (χ2n) is 7.80. The van der Waals surface area contributed by atoms with Crippen molar-refractivity contribution >= 4 is 44.8 Å². The van der Waals surface area contributed by atoms with Crippen molar-refractivity contribution < 1.29 is 22.7 Å². The Bertz CT molecular complexity index is 1360. The maximum atomic E-state index is 13.0. The van der Waals surface area contributed by atoms with E-state index < -0.39 is 15.9 Å². The normalized spacial score (nSPS) is 11.1. The third kappa shape index (κ3) is 6.60. The summed E-state index contributed by atoms with van der Waals surface area (Å²) in [6.45, 7) is 4.46. The molecule has 0 unspecified atom stereocenters. The SMILES string of the molecule is COCCNC(=O)c1ccccc1NC(=O)c1ccc(Cl)c(S(=O)(=O)Nc2ccc(C)c(C)c2)c1. The van der Waals surface area contributed by atoms with E-state index in [2.05, 4.69) is 15.4 Å². The second kappa shape index (κ2) is 11.4. The van der Waals surface area contributed by atoms with Crippen LogP contribution in [-0.2, 0) is 14.8 Å². The Kier molecular flexibility index (Phi) is 8.50. The number of methoxy groups -OCH3 is 1. The highest BCUT2D eigenvalue weighted by Crippen LogP contribution is 2.26. The number of ether oxygens (including phenoxy) is 1. The molecule has 0 aliphatic carbocycles. The zero-order chi connectivity index (χ0) is 25.6. The third-order valence-corrected chi connectivity index (χ3v) is 7.12. The largest absolute Gasteiger partial charge is 0.383 e. The molecule has 0 spiro atoms. The lowest BCUT2D eigenvalue weighted by molar-refractivity contribution is 0.0938. The van der Waals surface area contributed by atoms with Crippen molar-refractivity contribution in [2.24, 2.45) is 0 Å². The Labute approximate surface area is 209 Å². The number of carbonyl (C=O) groups is 2. The Morgan fingerprint density at radius 1 is 0.943 bits per heavy atom. The molecule has 35 heavy (non-hydrogen) atoms. The fraction of sp³-hybridized carbons (Fsp3) is 0.200. The number of sulfonamides is 1. The van der Waals surface area contributed by atoms with E-state index in [1.165, 1.54) is 25.3 Å². The molecule has 0 saturated carbocycles. The van der Waals surface area contributed by atoms with Gasteiger partial charge in [-0.1, -0.05) is 29.8 Å². The minimum Gasteiger partial charge on any atom is -0.383 e. The fourth-order valence-electron chi connectivity index (χ4n) is 3.21. The van der Waals surface area contributed by atoms with E-state index >= 15 is 0 Å². The van der Waals surface area contributed by atoms with Crippen LogP contribution in [0.2, 0.25) is 5.02 Å². The molecule has 0 fully saturated rings. The van der Waals surface area contributed by atoms with Crippen molar-refractivity contribution in [3.63, 3.8) is 0 Å². The molecule has 0 aliphatic rings. The molecule has 0 atom stereocenters. The minimum atomic E-state index is -4.07. The second-order valence-corrected chi connectivity index (χ2v) is 9.86. The maximum Gasteiger partial charge on any atom is 0.263 e. The summed E-state index contributed by atoms with van der Waals surface area (Å²) in [5, 5.41) is 5.34. The van der Waals surface area contributed by atoms with E-state index in [0.717, 1.165) is 11.1 Å². The van der Waals surface area contributed by atoms with E-state index in [4.69, 9.17) is 16.3 Å². The molecule has 0 aromatic heterocycles. The average molecular weight is 516 g/mol. The molecule has 3 aromatic rings. The molecule has 2 amide bonds. The van der Waals surface area contributed by atoms with Gasteiger partial charge in [-0.2, -0.15) is 0 Å². The van der Waals surface area contributed by atoms with Crippen LogP contribution in [0.25, 0.3) is 0 Å². The molecule has 0 bridgehead atoms. The van der Waals surface area contributed by atoms with E-state index in [0.29, 0.717) is 18.8 Å². The van der Waals surface area contributed by atoms with Crippen LogP contribution in [0.15, 0.2) is 65.6 Å². The first kappa shape index (κ1) is 26.2. The van der Waals surface area contributed by atoms with Gasteiger partial charge in [-0.15, -0.1) is 0 Å². The smallest absolute Gasteiger partial charge is 0.263 e. The third-order valence-electron chi connectivity index (χ3n) is 5.25. The number of hydrogen-bond acceptors (Lipinski definition) is 5. The summed E-state index contributed by atoms with van der Waals surface area (Å²) in [5.41, 5.74) is 2.93. The Morgan fingerprint density at radius 3 is 2.40 bits per heavy atom. The van der Waals surface area contributed by atoms with Crippen molar-refractivity contribution in [3.8, 4) is 0 Å². The van der Waals surface area contributed by atoms with Crippen molar-refractivity contribution in [2.75, 3.05) is 30.3 Å². The van der Waals surface area contributed by atoms with Crippen LogP contribution in [0.5, 0.6) is 0 Å². The Balaban J connectivity index is 1.84. The number of rotatable bonds is 9. The summed E-state index contributed by atoms with van der Waals surface area (Å²) in [5.74, 6) is -0.976. The van der Waals surface area contributed by atoms with Crippen LogP contribution in [-0.4, -0.2) is 40.5 Å². The van der Waals surface area contributed by atoms with Gasteiger partial charge in [0.05, 0.1) is 22.9 Å². The van der Waals surface area contributed by atoms with Gasteiger partial charge < -0.3 is 15.4 Å². The lowest BCUT2D eigenvalue weighted by atomic mass is 10.1. The monoisotopic (exact) mass is 515 g/mol. The van der Waals surface area contributed by atoms with Gasteiger partial charge in [0.1, 0.15) is 4.90 Å². The number of hydrogen-bond donors (Lipinski definition) is 3. The van der Waals surface area contributed by atoms with Crippen LogP contribution >= 0.6 is 11.6 Å². The standard InChI is InChI=1S/C25H26ClN3O5S/c1-16-8-10-19(14-17(16)2)29-35(32,33)23-15-18(9-11-21(23)26)24(30)28-22-7-5-4-6-20(22)25(31)27-12-13-34-3/h4-11,14-15,29H,12-13H2,1-3H3,(H,27,31)(H,28,30). The summed E-state index contributed by atoms with van der Waals surface area (Å²) in [4.78, 5) is 25.2. The number of amides is 2. The summed E-state index contributed by atoms with van der Waals surface area (Å²) in [7, 11) is -2.55. The molecule has 10 heteroatoms. The molecular formula is C25H26ClN3O5S. The van der Waals surface area contributed by atoms with Crippen molar-refractivity contribution in [1.29, 1.82) is 0 Å². The number of anilines is 2. The maximum absolute atomic E-state index is 13.0. The summed E-state index contributed by atoms with van der Waals surface area (Å²) < 4.78 is 33.5. The highest BCUT2D eigenvalue weighted by molar-refractivity contribution is 7.92. The van der Waals surface area contributed by atoms with Gasteiger partial charge in [0.25, 0.3) is 21.8 Å². The van der Waals surface area contributed by atoms with Crippen molar-refractivity contribution in [3.05, 3.63) is 87.9 Å². The van der Waals surface area contributed by atoms with E-state index in [9.17, 15) is 18.0 Å². The fourth-order valence-corrected chi connectivity index (χ4v) is 4.79. The Morgan fingerprint density at radius 2 is 1.69 bits per heavy atom. The summed E-state index contributed by atoms with van der Waals surface area (Å²) in [6.07, 6.45) is 0. The van der Waals surface area contributed by atoms with E-state index in [1.54, 1.807) is 36.4 Å². The molecule has 0 aliphatic heterocycles. The van der Waals surface area contributed by atoms with E-state index in [-0.39, 0.29) is 32.6 Å². The lowest BCUT2D eigenvalue weighted by Gasteiger charge is -2.14. The molecule has 3 aromatic carbocycles. The van der Waals surface area contributed by atoms with Crippen molar-refractivity contribution in [1.82, 2.24) is 5.32 Å². The predicted octanol–water partition coefficient (Wildman–Crippen LogP) is 4.39. The molecule has 184 valence electrons. The number of halogens is 1. The lowest BCUT2D eigenvalue weighted by Crippen LogP contribution is -2.28. The Hall–Kier alpha value is -3.40. The predicted molar refractivity (Wildman–Crippen MR) is 137 cm³/mol. The molecule has 3 N–H and O–H groups in total. The van der Waals surface area contributed by atoms with Crippen LogP contribution in [0.1, 0.15) is 31.8 Å². The highest BCUT2D eigenvalue weighted by Gasteiger charge is 2.21. The van der Waals surface area contributed by atoms with Gasteiger partial charge in [0, 0.05) is 24.9 Å². The number of carbonyl (C=O) groups excluding carboxylic acids is 2. The first-order valence-corrected chi connectivity index (χ1v) is 12.6. The number of para-hydroxylation sites is 1. The quantitative estimate of drug-likeness (QED) is 0.366. The topological polar surface area (TPSA) is 114 Å². The van der Waals surface area contributed by atoms with E-state index in [1.807, 2.05) is 19.9 Å². The number of aryl methyl sites for hydroxylation is 2. The van der Waals surface area contributed by atoms with Gasteiger partial charge in [0.2, 0.25) is 0 Å².